The quantitative estimate of drug-likeness (QED) is 0.862. The van der Waals surface area contributed by atoms with Crippen molar-refractivity contribution in [3.8, 4) is 0 Å². The molecule has 0 bridgehead atoms. The van der Waals surface area contributed by atoms with Crippen LogP contribution in [0.15, 0.2) is 12.1 Å². The molecule has 1 heterocycles. The van der Waals surface area contributed by atoms with Gasteiger partial charge in [-0.3, -0.25) is 4.72 Å². The summed E-state index contributed by atoms with van der Waals surface area (Å²) in [7, 11) is -3.91. The second-order valence-corrected chi connectivity index (χ2v) is 7.06. The average molecular weight is 331 g/mol. The molecule has 1 aliphatic heterocycles. The Morgan fingerprint density at radius 1 is 1.45 bits per heavy atom. The lowest BCUT2D eigenvalue weighted by Gasteiger charge is -2.23. The van der Waals surface area contributed by atoms with E-state index in [0.717, 1.165) is 18.9 Å². The van der Waals surface area contributed by atoms with Crippen LogP contribution in [0.1, 0.15) is 35.2 Å². The highest BCUT2D eigenvalue weighted by Gasteiger charge is 2.26. The van der Waals surface area contributed by atoms with E-state index in [9.17, 15) is 17.6 Å². The molecule has 1 aromatic rings. The highest BCUT2D eigenvalue weighted by molar-refractivity contribution is 7.92. The summed E-state index contributed by atoms with van der Waals surface area (Å²) in [5, 5.41) is 9.16. The third kappa shape index (κ3) is 3.95. The first-order valence-electron chi connectivity index (χ1n) is 6.94. The van der Waals surface area contributed by atoms with Gasteiger partial charge in [0, 0.05) is 6.61 Å². The molecule has 122 valence electrons. The zero-order valence-corrected chi connectivity index (χ0v) is 13.0. The predicted molar refractivity (Wildman–Crippen MR) is 79.1 cm³/mol. The number of aryl methyl sites for hydroxylation is 1. The molecule has 2 rings (SSSR count). The van der Waals surface area contributed by atoms with Crippen LogP contribution in [-0.4, -0.2) is 38.0 Å². The van der Waals surface area contributed by atoms with E-state index in [1.165, 1.54) is 13.0 Å². The Morgan fingerprint density at radius 3 is 2.77 bits per heavy atom. The van der Waals surface area contributed by atoms with Crippen LogP contribution >= 0.6 is 0 Å². The third-order valence-electron chi connectivity index (χ3n) is 3.51. The molecule has 1 aromatic carbocycles. The van der Waals surface area contributed by atoms with Gasteiger partial charge in [0.15, 0.2) is 0 Å². The molecule has 22 heavy (non-hydrogen) atoms. The van der Waals surface area contributed by atoms with E-state index in [0.29, 0.717) is 13.0 Å². The topological polar surface area (TPSA) is 92.7 Å². The first-order chi connectivity index (χ1) is 10.3. The van der Waals surface area contributed by atoms with Crippen molar-refractivity contribution >= 4 is 21.7 Å². The predicted octanol–water partition coefficient (Wildman–Crippen LogP) is 2.14. The van der Waals surface area contributed by atoms with Gasteiger partial charge in [0.2, 0.25) is 10.0 Å². The summed E-state index contributed by atoms with van der Waals surface area (Å²) >= 11 is 0. The summed E-state index contributed by atoms with van der Waals surface area (Å²) in [6.45, 7) is 1.98. The zero-order chi connectivity index (χ0) is 16.3. The molecule has 0 radical (unpaired) electrons. The maximum absolute atomic E-state index is 13.9. The number of hydrogen-bond donors (Lipinski definition) is 2. The molecule has 1 aliphatic rings. The number of carboxylic acid groups (broad SMARTS) is 1. The Kier molecular flexibility index (Phi) is 5.02. The smallest absolute Gasteiger partial charge is 0.338 e. The van der Waals surface area contributed by atoms with E-state index < -0.39 is 33.6 Å². The molecule has 2 N–H and O–H groups in total. The first kappa shape index (κ1) is 16.7. The number of ether oxygens (including phenoxy) is 1. The van der Waals surface area contributed by atoms with Crippen LogP contribution in [-0.2, 0) is 14.8 Å². The Labute approximate surface area is 128 Å². The van der Waals surface area contributed by atoms with Gasteiger partial charge in [-0.15, -0.1) is 0 Å². The molecule has 0 spiro atoms. The average Bonchev–Trinajstić information content (AvgIpc) is 2.43. The highest BCUT2D eigenvalue weighted by Crippen LogP contribution is 2.25. The number of rotatable bonds is 5. The number of nitrogens with one attached hydrogen (secondary N) is 1. The summed E-state index contributed by atoms with van der Waals surface area (Å²) in [4.78, 5) is 11.2. The van der Waals surface area contributed by atoms with Crippen molar-refractivity contribution in [3.63, 3.8) is 0 Å². The van der Waals surface area contributed by atoms with Gasteiger partial charge < -0.3 is 9.84 Å². The van der Waals surface area contributed by atoms with Crippen LogP contribution in [0.4, 0.5) is 10.1 Å². The number of anilines is 1. The van der Waals surface area contributed by atoms with E-state index in [2.05, 4.69) is 4.72 Å². The molecular weight excluding hydrogens is 313 g/mol. The lowest BCUT2D eigenvalue weighted by Crippen LogP contribution is -2.31. The second kappa shape index (κ2) is 6.62. The van der Waals surface area contributed by atoms with Gasteiger partial charge in [0.1, 0.15) is 5.82 Å². The molecular formula is C14H18FNO5S. The van der Waals surface area contributed by atoms with Crippen molar-refractivity contribution in [1.29, 1.82) is 0 Å². The highest BCUT2D eigenvalue weighted by atomic mass is 32.2. The van der Waals surface area contributed by atoms with E-state index in [4.69, 9.17) is 9.84 Å². The van der Waals surface area contributed by atoms with E-state index >= 15 is 0 Å². The van der Waals surface area contributed by atoms with Gasteiger partial charge in [0.05, 0.1) is 23.1 Å². The van der Waals surface area contributed by atoms with Crippen LogP contribution < -0.4 is 4.72 Å². The van der Waals surface area contributed by atoms with Crippen LogP contribution in [0.2, 0.25) is 0 Å². The fourth-order valence-corrected chi connectivity index (χ4v) is 3.78. The summed E-state index contributed by atoms with van der Waals surface area (Å²) in [5.41, 5.74) is -0.628. The zero-order valence-electron chi connectivity index (χ0n) is 12.1. The summed E-state index contributed by atoms with van der Waals surface area (Å²) in [5.74, 6) is -2.63. The molecule has 1 unspecified atom stereocenters. The summed E-state index contributed by atoms with van der Waals surface area (Å²) < 4.78 is 45.6. The minimum absolute atomic E-state index is 0.278. The van der Waals surface area contributed by atoms with E-state index in [1.54, 1.807) is 0 Å². The van der Waals surface area contributed by atoms with E-state index in [-0.39, 0.29) is 16.9 Å². The number of sulfonamides is 1. The Bertz CT molecular complexity index is 668. The van der Waals surface area contributed by atoms with Crippen LogP contribution in [0.3, 0.4) is 0 Å². The van der Waals surface area contributed by atoms with Crippen molar-refractivity contribution < 1.29 is 27.4 Å². The van der Waals surface area contributed by atoms with Crippen molar-refractivity contribution in [2.24, 2.45) is 0 Å². The molecule has 1 fully saturated rings. The van der Waals surface area contributed by atoms with Gasteiger partial charge in [-0.05, 0) is 37.8 Å². The monoisotopic (exact) mass is 331 g/mol. The van der Waals surface area contributed by atoms with Gasteiger partial charge in [-0.25, -0.2) is 17.6 Å². The first-order valence-corrected chi connectivity index (χ1v) is 8.60. The van der Waals surface area contributed by atoms with Crippen molar-refractivity contribution in [3.05, 3.63) is 29.1 Å². The van der Waals surface area contributed by atoms with Gasteiger partial charge >= 0.3 is 5.97 Å². The molecule has 8 heteroatoms. The fraction of sp³-hybridized carbons (Fsp3) is 0.500. The number of carbonyl (C=O) groups is 1. The van der Waals surface area contributed by atoms with Crippen LogP contribution in [0.25, 0.3) is 0 Å². The number of hydrogen-bond acceptors (Lipinski definition) is 4. The molecule has 0 aliphatic carbocycles. The molecule has 1 atom stereocenters. The minimum Gasteiger partial charge on any atom is -0.478 e. The number of carboxylic acids is 1. The summed E-state index contributed by atoms with van der Waals surface area (Å²) in [6.07, 6.45) is 1.93. The normalized spacial score (nSPS) is 18.9. The van der Waals surface area contributed by atoms with E-state index in [1.807, 2.05) is 0 Å². The molecule has 0 saturated carbocycles. The molecule has 0 amide bonds. The second-order valence-electron chi connectivity index (χ2n) is 5.29. The maximum Gasteiger partial charge on any atom is 0.338 e. The largest absolute Gasteiger partial charge is 0.478 e. The maximum atomic E-state index is 13.9. The number of aromatic carboxylic acids is 1. The van der Waals surface area contributed by atoms with Crippen molar-refractivity contribution in [2.75, 3.05) is 17.1 Å². The lowest BCUT2D eigenvalue weighted by molar-refractivity contribution is 0.0306. The Balaban J connectivity index is 2.25. The van der Waals surface area contributed by atoms with Crippen molar-refractivity contribution in [2.45, 2.75) is 32.3 Å². The van der Waals surface area contributed by atoms with Gasteiger partial charge in [-0.1, -0.05) is 6.07 Å². The van der Waals surface area contributed by atoms with Crippen LogP contribution in [0.5, 0.6) is 0 Å². The number of benzene rings is 1. The number of halogens is 1. The van der Waals surface area contributed by atoms with Gasteiger partial charge in [-0.2, -0.15) is 0 Å². The Hall–Kier alpha value is -1.67. The molecule has 1 saturated heterocycles. The fourth-order valence-electron chi connectivity index (χ4n) is 2.44. The van der Waals surface area contributed by atoms with Gasteiger partial charge in [0.25, 0.3) is 0 Å². The van der Waals surface area contributed by atoms with Crippen molar-refractivity contribution in [1.82, 2.24) is 0 Å². The Morgan fingerprint density at radius 2 is 2.18 bits per heavy atom. The molecule has 0 aromatic heterocycles. The summed E-state index contributed by atoms with van der Waals surface area (Å²) in [6, 6.07) is 2.33. The lowest BCUT2D eigenvalue weighted by atomic mass is 10.1. The minimum atomic E-state index is -3.91. The van der Waals surface area contributed by atoms with Crippen LogP contribution in [0, 0.1) is 12.7 Å². The third-order valence-corrected chi connectivity index (χ3v) is 4.84. The SMILES string of the molecule is Cc1ccc(F)c(NS(=O)(=O)CC2CCCCO2)c1C(=O)O. The molecule has 6 nitrogen and oxygen atoms in total. The standard InChI is InChI=1S/C14H18FNO5S/c1-9-5-6-11(15)13(12(9)14(17)18)16-22(19,20)8-10-4-2-3-7-21-10/h5-6,10,16H,2-4,7-8H2,1H3,(H,17,18).